The molecular weight excluding hydrogens is 420 g/mol. The van der Waals surface area contributed by atoms with E-state index in [9.17, 15) is 13.2 Å². The first-order valence-electron chi connectivity index (χ1n) is 9.59. The summed E-state index contributed by atoms with van der Waals surface area (Å²) in [5, 5.41) is 1.71. The molecule has 8 heteroatoms. The Morgan fingerprint density at radius 1 is 1.10 bits per heavy atom. The van der Waals surface area contributed by atoms with E-state index in [2.05, 4.69) is 0 Å². The van der Waals surface area contributed by atoms with Gasteiger partial charge in [0.2, 0.25) is 5.91 Å². The van der Waals surface area contributed by atoms with E-state index in [1.807, 2.05) is 24.3 Å². The Balaban J connectivity index is 1.69. The van der Waals surface area contributed by atoms with Gasteiger partial charge in [0.05, 0.1) is 12.8 Å². The number of ether oxygens (including phenoxy) is 1. The summed E-state index contributed by atoms with van der Waals surface area (Å²) in [5.41, 5.74) is 2.38. The van der Waals surface area contributed by atoms with Crippen molar-refractivity contribution in [3.8, 4) is 5.75 Å². The van der Waals surface area contributed by atoms with Gasteiger partial charge in [-0.05, 0) is 60.2 Å². The van der Waals surface area contributed by atoms with Crippen molar-refractivity contribution in [2.45, 2.75) is 17.1 Å². The second kappa shape index (κ2) is 8.49. The van der Waals surface area contributed by atoms with Crippen molar-refractivity contribution in [3.05, 3.63) is 71.6 Å². The lowest BCUT2D eigenvalue weighted by Crippen LogP contribution is -2.44. The third kappa shape index (κ3) is 3.93. The molecule has 0 unspecified atom stereocenters. The van der Waals surface area contributed by atoms with E-state index in [1.54, 1.807) is 53.8 Å². The van der Waals surface area contributed by atoms with Gasteiger partial charge < -0.3 is 9.64 Å². The van der Waals surface area contributed by atoms with Crippen LogP contribution in [-0.4, -0.2) is 34.5 Å². The van der Waals surface area contributed by atoms with Gasteiger partial charge in [-0.15, -0.1) is 11.3 Å². The number of carbonyl (C=O) groups excluding carboxylic acids is 1. The molecule has 0 saturated carbocycles. The average molecular weight is 443 g/mol. The highest BCUT2D eigenvalue weighted by Crippen LogP contribution is 2.30. The third-order valence-corrected chi connectivity index (χ3v) is 8.24. The Kier molecular flexibility index (Phi) is 5.78. The normalized spacial score (nSPS) is 13.6. The van der Waals surface area contributed by atoms with Gasteiger partial charge in [0.1, 0.15) is 16.5 Å². The number of aryl methyl sites for hydroxylation is 1. The quantitative estimate of drug-likeness (QED) is 0.580. The summed E-state index contributed by atoms with van der Waals surface area (Å²) in [6, 6.07) is 17.7. The van der Waals surface area contributed by atoms with Gasteiger partial charge in [-0.3, -0.25) is 9.10 Å². The largest absolute Gasteiger partial charge is 0.497 e. The molecule has 6 nitrogen and oxygen atoms in total. The van der Waals surface area contributed by atoms with Crippen molar-refractivity contribution in [2.75, 3.05) is 29.4 Å². The Bertz CT molecular complexity index is 1130. The van der Waals surface area contributed by atoms with Crippen molar-refractivity contribution in [2.24, 2.45) is 0 Å². The molecule has 3 aromatic rings. The summed E-state index contributed by atoms with van der Waals surface area (Å²) in [4.78, 5) is 15.0. The van der Waals surface area contributed by atoms with Crippen LogP contribution in [0.15, 0.2) is 70.3 Å². The van der Waals surface area contributed by atoms with Crippen LogP contribution >= 0.6 is 11.3 Å². The Morgan fingerprint density at radius 2 is 1.87 bits per heavy atom. The van der Waals surface area contributed by atoms with Crippen LogP contribution in [0.25, 0.3) is 0 Å². The lowest BCUT2D eigenvalue weighted by molar-refractivity contribution is -0.117. The zero-order valence-corrected chi connectivity index (χ0v) is 18.2. The Hall–Kier alpha value is -2.84. The number of nitrogens with zero attached hydrogens (tertiary/aromatic N) is 2. The second-order valence-corrected chi connectivity index (χ2v) is 9.96. The van der Waals surface area contributed by atoms with Crippen LogP contribution in [0.4, 0.5) is 11.4 Å². The van der Waals surface area contributed by atoms with Crippen molar-refractivity contribution in [3.63, 3.8) is 0 Å². The highest BCUT2D eigenvalue weighted by Gasteiger charge is 2.31. The van der Waals surface area contributed by atoms with Crippen LogP contribution in [-0.2, 0) is 21.2 Å². The monoisotopic (exact) mass is 442 g/mol. The molecule has 2 aromatic carbocycles. The summed E-state index contributed by atoms with van der Waals surface area (Å²) in [6.45, 7) is 0.298. The van der Waals surface area contributed by atoms with E-state index in [0.717, 1.165) is 35.4 Å². The number of hydrogen-bond acceptors (Lipinski definition) is 5. The Morgan fingerprint density at radius 3 is 2.57 bits per heavy atom. The molecule has 1 amide bonds. The van der Waals surface area contributed by atoms with Crippen LogP contribution in [0.5, 0.6) is 5.75 Å². The first kappa shape index (κ1) is 20.4. The molecule has 1 aliphatic rings. The molecule has 0 bridgehead atoms. The molecule has 0 spiro atoms. The fraction of sp³-hybridized carbons (Fsp3) is 0.227. The van der Waals surface area contributed by atoms with E-state index in [0.29, 0.717) is 18.0 Å². The maximum Gasteiger partial charge on any atom is 0.274 e. The predicted molar refractivity (Wildman–Crippen MR) is 119 cm³/mol. The molecule has 0 aliphatic carbocycles. The molecule has 0 atom stereocenters. The maximum absolute atomic E-state index is 13.3. The van der Waals surface area contributed by atoms with E-state index >= 15 is 0 Å². The van der Waals surface area contributed by atoms with Crippen LogP contribution in [0.2, 0.25) is 0 Å². The molecule has 0 radical (unpaired) electrons. The molecule has 0 fully saturated rings. The first-order valence-corrected chi connectivity index (χ1v) is 11.9. The van der Waals surface area contributed by atoms with Crippen LogP contribution < -0.4 is 13.9 Å². The van der Waals surface area contributed by atoms with E-state index in [-0.39, 0.29) is 16.7 Å². The minimum absolute atomic E-state index is 0.199. The smallest absolute Gasteiger partial charge is 0.274 e. The number of rotatable bonds is 6. The maximum atomic E-state index is 13.3. The van der Waals surface area contributed by atoms with Crippen LogP contribution in [0.1, 0.15) is 12.0 Å². The minimum atomic E-state index is -3.88. The highest BCUT2D eigenvalue weighted by molar-refractivity contribution is 7.94. The van der Waals surface area contributed by atoms with E-state index in [1.165, 1.54) is 4.31 Å². The Labute approximate surface area is 180 Å². The van der Waals surface area contributed by atoms with Gasteiger partial charge in [0, 0.05) is 12.2 Å². The van der Waals surface area contributed by atoms with Gasteiger partial charge in [0.25, 0.3) is 10.0 Å². The molecule has 0 N–H and O–H groups in total. The summed E-state index contributed by atoms with van der Waals surface area (Å²) < 4.78 is 33.3. The molecule has 1 aliphatic heterocycles. The van der Waals surface area contributed by atoms with Gasteiger partial charge in [-0.1, -0.05) is 24.3 Å². The van der Waals surface area contributed by atoms with Crippen molar-refractivity contribution < 1.29 is 17.9 Å². The number of carbonyl (C=O) groups is 1. The molecule has 156 valence electrons. The van der Waals surface area contributed by atoms with E-state index in [4.69, 9.17) is 4.74 Å². The SMILES string of the molecule is COc1ccc(N(CC(=O)N2CCCc3ccccc32)S(=O)(=O)c2cccs2)cc1. The summed E-state index contributed by atoms with van der Waals surface area (Å²) >= 11 is 1.13. The number of amides is 1. The number of hydrogen-bond donors (Lipinski definition) is 0. The predicted octanol–water partition coefficient (Wildman–Crippen LogP) is 3.93. The number of para-hydroxylation sites is 1. The van der Waals surface area contributed by atoms with Gasteiger partial charge in [-0.2, -0.15) is 0 Å². The number of sulfonamides is 1. The fourth-order valence-electron chi connectivity index (χ4n) is 3.58. The van der Waals surface area contributed by atoms with Gasteiger partial charge >= 0.3 is 0 Å². The number of thiophene rings is 1. The number of fused-ring (bicyclic) bond motifs is 1. The lowest BCUT2D eigenvalue weighted by atomic mass is 10.0. The number of methoxy groups -OCH3 is 1. The molecule has 30 heavy (non-hydrogen) atoms. The van der Waals surface area contributed by atoms with Crippen LogP contribution in [0, 0.1) is 0 Å². The van der Waals surface area contributed by atoms with Crippen LogP contribution in [0.3, 0.4) is 0 Å². The molecule has 1 aromatic heterocycles. The fourth-order valence-corrected chi connectivity index (χ4v) is 6.10. The second-order valence-electron chi connectivity index (χ2n) is 6.92. The molecule has 4 rings (SSSR count). The molecule has 2 heterocycles. The minimum Gasteiger partial charge on any atom is -0.497 e. The highest BCUT2D eigenvalue weighted by atomic mass is 32.2. The number of benzene rings is 2. The summed E-state index contributed by atoms with van der Waals surface area (Å²) in [5.74, 6) is 0.363. The van der Waals surface area contributed by atoms with E-state index < -0.39 is 10.0 Å². The van der Waals surface area contributed by atoms with Crippen molar-refractivity contribution in [1.29, 1.82) is 0 Å². The summed E-state index contributed by atoms with van der Waals surface area (Å²) in [6.07, 6.45) is 1.76. The lowest BCUT2D eigenvalue weighted by Gasteiger charge is -2.32. The zero-order chi connectivity index (χ0) is 21.1. The van der Waals surface area contributed by atoms with Gasteiger partial charge in [-0.25, -0.2) is 8.42 Å². The number of anilines is 2. The topological polar surface area (TPSA) is 66.9 Å². The summed E-state index contributed by atoms with van der Waals surface area (Å²) in [7, 11) is -2.33. The standard InChI is InChI=1S/C22H22N2O4S2/c1-28-19-12-10-18(11-13-19)24(30(26,27)22-9-5-15-29-22)16-21(25)23-14-4-7-17-6-2-3-8-20(17)23/h2-3,5-6,8-13,15H,4,7,14,16H2,1H3. The molecule has 0 saturated heterocycles. The average Bonchev–Trinajstić information content (AvgIpc) is 3.33. The third-order valence-electron chi connectivity index (χ3n) is 5.09. The van der Waals surface area contributed by atoms with Crippen molar-refractivity contribution >= 4 is 38.6 Å². The zero-order valence-electron chi connectivity index (χ0n) is 16.5. The van der Waals surface area contributed by atoms with Crippen molar-refractivity contribution in [1.82, 2.24) is 0 Å². The van der Waals surface area contributed by atoms with Gasteiger partial charge in [0.15, 0.2) is 0 Å². The molecular formula is C22H22N2O4S2. The first-order chi connectivity index (χ1) is 14.5.